The summed E-state index contributed by atoms with van der Waals surface area (Å²) in [5.41, 5.74) is 6.48. The van der Waals surface area contributed by atoms with E-state index in [9.17, 15) is 4.39 Å². The largest absolute Gasteiger partial charge is 0.468 e. The second-order valence-corrected chi connectivity index (χ2v) is 4.02. The zero-order valence-electron chi connectivity index (χ0n) is 10.1. The van der Waals surface area contributed by atoms with Crippen molar-refractivity contribution in [2.45, 2.75) is 13.1 Å². The fourth-order valence-corrected chi connectivity index (χ4v) is 1.70. The van der Waals surface area contributed by atoms with Gasteiger partial charge in [0.25, 0.3) is 0 Å². The van der Waals surface area contributed by atoms with Crippen molar-refractivity contribution in [2.24, 2.45) is 10.9 Å². The molecule has 0 saturated carbocycles. The molecule has 1 aromatic carbocycles. The number of rotatable bonds is 5. The molecule has 1 aromatic heterocycles. The standard InChI is InChI=1S/C13H14FN3O2/c14-11-5-9(4-10(6-11)13(15)17-18)7-16-8-12-2-1-3-19-12/h1-6,16,18H,7-8H2,(H2,15,17). The van der Waals surface area contributed by atoms with Crippen LogP contribution in [0.4, 0.5) is 4.39 Å². The van der Waals surface area contributed by atoms with Gasteiger partial charge in [0, 0.05) is 12.1 Å². The highest BCUT2D eigenvalue weighted by atomic mass is 19.1. The van der Waals surface area contributed by atoms with E-state index in [1.807, 2.05) is 6.07 Å². The molecule has 0 radical (unpaired) electrons. The minimum Gasteiger partial charge on any atom is -0.468 e. The maximum Gasteiger partial charge on any atom is 0.170 e. The predicted octanol–water partition coefficient (Wildman–Crippen LogP) is 1.80. The van der Waals surface area contributed by atoms with Crippen LogP contribution in [0.5, 0.6) is 0 Å². The third kappa shape index (κ3) is 3.56. The molecule has 0 aliphatic rings. The zero-order valence-corrected chi connectivity index (χ0v) is 10.1. The van der Waals surface area contributed by atoms with Gasteiger partial charge in [-0.15, -0.1) is 0 Å². The third-order valence-electron chi connectivity index (χ3n) is 2.57. The summed E-state index contributed by atoms with van der Waals surface area (Å²) in [6.07, 6.45) is 1.59. The van der Waals surface area contributed by atoms with Gasteiger partial charge in [-0.1, -0.05) is 5.16 Å². The van der Waals surface area contributed by atoms with E-state index in [1.165, 1.54) is 12.1 Å². The second kappa shape index (κ2) is 6.01. The summed E-state index contributed by atoms with van der Waals surface area (Å²) < 4.78 is 18.6. The summed E-state index contributed by atoms with van der Waals surface area (Å²) in [4.78, 5) is 0. The van der Waals surface area contributed by atoms with Gasteiger partial charge in [0.2, 0.25) is 0 Å². The third-order valence-corrected chi connectivity index (χ3v) is 2.57. The number of nitrogens with zero attached hydrogens (tertiary/aromatic N) is 1. The van der Waals surface area contributed by atoms with Crippen molar-refractivity contribution in [3.63, 3.8) is 0 Å². The smallest absolute Gasteiger partial charge is 0.170 e. The van der Waals surface area contributed by atoms with Crippen molar-refractivity contribution >= 4 is 5.84 Å². The lowest BCUT2D eigenvalue weighted by atomic mass is 10.1. The van der Waals surface area contributed by atoms with Gasteiger partial charge in [-0.25, -0.2) is 4.39 Å². The van der Waals surface area contributed by atoms with Crippen molar-refractivity contribution in [1.82, 2.24) is 5.32 Å². The Morgan fingerprint density at radius 1 is 1.37 bits per heavy atom. The average Bonchev–Trinajstić information content (AvgIpc) is 2.90. The van der Waals surface area contributed by atoms with Crippen molar-refractivity contribution in [1.29, 1.82) is 0 Å². The van der Waals surface area contributed by atoms with E-state index < -0.39 is 5.82 Å². The van der Waals surface area contributed by atoms with Crippen LogP contribution in [0.25, 0.3) is 0 Å². The SMILES string of the molecule is N/C(=N/O)c1cc(F)cc(CNCc2ccco2)c1. The molecule has 1 heterocycles. The number of nitrogens with one attached hydrogen (secondary N) is 1. The predicted molar refractivity (Wildman–Crippen MR) is 68.2 cm³/mol. The van der Waals surface area contributed by atoms with E-state index >= 15 is 0 Å². The Hall–Kier alpha value is -2.34. The molecule has 0 atom stereocenters. The molecule has 100 valence electrons. The normalized spacial score (nSPS) is 11.7. The molecule has 0 fully saturated rings. The van der Waals surface area contributed by atoms with Gasteiger partial charge in [0.05, 0.1) is 12.8 Å². The molecule has 0 aliphatic carbocycles. The first kappa shape index (κ1) is 13.1. The number of nitrogens with two attached hydrogens (primary N) is 1. The van der Waals surface area contributed by atoms with Crippen LogP contribution in [-0.4, -0.2) is 11.0 Å². The van der Waals surface area contributed by atoms with E-state index in [4.69, 9.17) is 15.4 Å². The molecule has 2 rings (SSSR count). The fourth-order valence-electron chi connectivity index (χ4n) is 1.70. The van der Waals surface area contributed by atoms with E-state index in [-0.39, 0.29) is 5.84 Å². The molecular weight excluding hydrogens is 249 g/mol. The van der Waals surface area contributed by atoms with Gasteiger partial charge in [-0.3, -0.25) is 0 Å². The molecule has 0 spiro atoms. The molecule has 2 aromatic rings. The average molecular weight is 263 g/mol. The summed E-state index contributed by atoms with van der Waals surface area (Å²) in [6, 6.07) is 7.91. The molecular formula is C13H14FN3O2. The quantitative estimate of drug-likeness (QED) is 0.332. The topological polar surface area (TPSA) is 83.8 Å². The van der Waals surface area contributed by atoms with Crippen LogP contribution >= 0.6 is 0 Å². The van der Waals surface area contributed by atoms with Gasteiger partial charge in [0.1, 0.15) is 11.6 Å². The summed E-state index contributed by atoms with van der Waals surface area (Å²) in [5.74, 6) is 0.249. The molecule has 0 saturated heterocycles. The Labute approximate surface area is 109 Å². The lowest BCUT2D eigenvalue weighted by molar-refractivity contribution is 0.318. The fraction of sp³-hybridized carbons (Fsp3) is 0.154. The molecule has 0 bridgehead atoms. The Bertz CT molecular complexity index is 567. The highest BCUT2D eigenvalue weighted by Gasteiger charge is 2.05. The van der Waals surface area contributed by atoms with Crippen LogP contribution in [0.2, 0.25) is 0 Å². The van der Waals surface area contributed by atoms with Crippen LogP contribution in [-0.2, 0) is 13.1 Å². The van der Waals surface area contributed by atoms with Gasteiger partial charge < -0.3 is 20.7 Å². The number of hydrogen-bond acceptors (Lipinski definition) is 4. The summed E-state index contributed by atoms with van der Waals surface area (Å²) >= 11 is 0. The van der Waals surface area contributed by atoms with Gasteiger partial charge >= 0.3 is 0 Å². The number of benzene rings is 1. The van der Waals surface area contributed by atoms with Gasteiger partial charge in [-0.2, -0.15) is 0 Å². The van der Waals surface area contributed by atoms with Crippen molar-refractivity contribution in [3.05, 3.63) is 59.3 Å². The minimum absolute atomic E-state index is 0.119. The van der Waals surface area contributed by atoms with E-state index in [0.29, 0.717) is 24.2 Å². The van der Waals surface area contributed by atoms with Crippen molar-refractivity contribution < 1.29 is 14.0 Å². The van der Waals surface area contributed by atoms with Crippen LogP contribution in [0.3, 0.4) is 0 Å². The Morgan fingerprint density at radius 3 is 2.89 bits per heavy atom. The second-order valence-electron chi connectivity index (χ2n) is 4.02. The Balaban J connectivity index is 2.02. The number of halogens is 1. The van der Waals surface area contributed by atoms with Gasteiger partial charge in [-0.05, 0) is 35.9 Å². The van der Waals surface area contributed by atoms with Crippen molar-refractivity contribution in [3.8, 4) is 0 Å². The van der Waals surface area contributed by atoms with Crippen LogP contribution in [0, 0.1) is 5.82 Å². The van der Waals surface area contributed by atoms with E-state index in [2.05, 4.69) is 10.5 Å². The zero-order chi connectivity index (χ0) is 13.7. The Morgan fingerprint density at radius 2 is 2.21 bits per heavy atom. The van der Waals surface area contributed by atoms with Crippen molar-refractivity contribution in [2.75, 3.05) is 0 Å². The van der Waals surface area contributed by atoms with E-state index in [1.54, 1.807) is 18.4 Å². The summed E-state index contributed by atoms with van der Waals surface area (Å²) in [6.45, 7) is 0.993. The highest BCUT2D eigenvalue weighted by molar-refractivity contribution is 5.97. The molecule has 19 heavy (non-hydrogen) atoms. The molecule has 6 heteroatoms. The Kier molecular flexibility index (Phi) is 4.15. The van der Waals surface area contributed by atoms with Gasteiger partial charge in [0.15, 0.2) is 5.84 Å². The summed E-state index contributed by atoms with van der Waals surface area (Å²) in [5, 5.41) is 14.5. The van der Waals surface area contributed by atoms with Crippen LogP contribution < -0.4 is 11.1 Å². The number of hydrogen-bond donors (Lipinski definition) is 3. The highest BCUT2D eigenvalue weighted by Crippen LogP contribution is 2.09. The number of oxime groups is 1. The number of furan rings is 1. The van der Waals surface area contributed by atoms with Crippen LogP contribution in [0.15, 0.2) is 46.2 Å². The lowest BCUT2D eigenvalue weighted by Gasteiger charge is -2.06. The lowest BCUT2D eigenvalue weighted by Crippen LogP contribution is -2.16. The molecule has 5 nitrogen and oxygen atoms in total. The molecule has 0 aliphatic heterocycles. The first-order valence-electron chi connectivity index (χ1n) is 5.69. The van der Waals surface area contributed by atoms with E-state index in [0.717, 1.165) is 5.76 Å². The monoisotopic (exact) mass is 263 g/mol. The molecule has 4 N–H and O–H groups in total. The molecule has 0 amide bonds. The minimum atomic E-state index is -0.432. The maximum absolute atomic E-state index is 13.4. The first-order chi connectivity index (χ1) is 9.19. The summed E-state index contributed by atoms with van der Waals surface area (Å²) in [7, 11) is 0. The maximum atomic E-state index is 13.4. The molecule has 0 unspecified atom stereocenters. The first-order valence-corrected chi connectivity index (χ1v) is 5.69. The van der Waals surface area contributed by atoms with Crippen LogP contribution in [0.1, 0.15) is 16.9 Å². The number of amidine groups is 1.